The molecule has 1 aliphatic heterocycles. The first-order valence-corrected chi connectivity index (χ1v) is 4.57. The molecular weight excluding hydrogens is 152 g/mol. The summed E-state index contributed by atoms with van der Waals surface area (Å²) in [6, 6.07) is 0. The molecule has 0 aromatic carbocycles. The maximum Gasteiger partial charge on any atom is 0.189 e. The minimum Gasteiger partial charge on any atom is -0.469 e. The van der Waals surface area contributed by atoms with Gasteiger partial charge in [-0.1, -0.05) is 26.0 Å². The van der Waals surface area contributed by atoms with Crippen LogP contribution in [0.5, 0.6) is 0 Å². The lowest BCUT2D eigenvalue weighted by molar-refractivity contribution is 0.0363. The average Bonchev–Trinajstić information content (AvgIpc) is 2.70. The average molecular weight is 166 g/mol. The Kier molecular flexibility index (Phi) is 1.72. The molecule has 2 atom stereocenters. The van der Waals surface area contributed by atoms with E-state index >= 15 is 0 Å². The summed E-state index contributed by atoms with van der Waals surface area (Å²) in [6.07, 6.45) is 7.38. The van der Waals surface area contributed by atoms with E-state index in [1.807, 2.05) is 19.9 Å². The van der Waals surface area contributed by atoms with Gasteiger partial charge < -0.3 is 9.47 Å². The van der Waals surface area contributed by atoms with Crippen LogP contribution >= 0.6 is 0 Å². The molecule has 1 saturated carbocycles. The Morgan fingerprint density at radius 2 is 2.33 bits per heavy atom. The van der Waals surface area contributed by atoms with Gasteiger partial charge in [0, 0.05) is 5.92 Å². The first-order chi connectivity index (χ1) is 5.92. The Morgan fingerprint density at radius 1 is 1.50 bits per heavy atom. The normalized spacial score (nSPS) is 39.8. The van der Waals surface area contributed by atoms with E-state index in [1.165, 1.54) is 0 Å². The first kappa shape index (κ1) is 7.87. The summed E-state index contributed by atoms with van der Waals surface area (Å²) in [5, 5.41) is 0. The van der Waals surface area contributed by atoms with Crippen LogP contribution < -0.4 is 0 Å². The van der Waals surface area contributed by atoms with E-state index in [0.29, 0.717) is 12.7 Å². The van der Waals surface area contributed by atoms with E-state index in [0.717, 1.165) is 12.2 Å². The Hall–Kier alpha value is -0.760. The highest BCUT2D eigenvalue weighted by Crippen LogP contribution is 2.57. The molecular formula is C10H14O2. The smallest absolute Gasteiger partial charge is 0.189 e. The lowest BCUT2D eigenvalue weighted by atomic mass is 10.1. The van der Waals surface area contributed by atoms with Gasteiger partial charge in [-0.3, -0.25) is 0 Å². The van der Waals surface area contributed by atoms with Crippen molar-refractivity contribution < 1.29 is 9.47 Å². The van der Waals surface area contributed by atoms with Crippen LogP contribution in [-0.4, -0.2) is 12.4 Å². The van der Waals surface area contributed by atoms with Gasteiger partial charge in [0.25, 0.3) is 0 Å². The summed E-state index contributed by atoms with van der Waals surface area (Å²) in [4.78, 5) is 0. The zero-order chi connectivity index (χ0) is 8.60. The molecule has 2 heteroatoms. The summed E-state index contributed by atoms with van der Waals surface area (Å²) in [7, 11) is 0. The number of rotatable bonds is 0. The van der Waals surface area contributed by atoms with Gasteiger partial charge in [-0.05, 0) is 12.5 Å². The molecule has 2 fully saturated rings. The molecule has 0 radical (unpaired) electrons. The number of hydrogen-bond acceptors (Lipinski definition) is 2. The van der Waals surface area contributed by atoms with Crippen LogP contribution in [-0.2, 0) is 9.47 Å². The maximum absolute atomic E-state index is 5.48. The topological polar surface area (TPSA) is 18.5 Å². The summed E-state index contributed by atoms with van der Waals surface area (Å²) in [5.74, 6) is 1.65. The van der Waals surface area contributed by atoms with E-state index in [1.54, 1.807) is 0 Å². The van der Waals surface area contributed by atoms with E-state index in [9.17, 15) is 0 Å². The molecule has 2 nitrogen and oxygen atoms in total. The molecule has 3 rings (SSSR count). The third kappa shape index (κ3) is 0.845. The second-order valence-electron chi connectivity index (χ2n) is 3.02. The van der Waals surface area contributed by atoms with Crippen molar-refractivity contribution in [2.24, 2.45) is 5.92 Å². The van der Waals surface area contributed by atoms with Crippen LogP contribution in [0.2, 0.25) is 0 Å². The highest BCUT2D eigenvalue weighted by atomic mass is 16.7. The highest BCUT2D eigenvalue weighted by Gasteiger charge is 2.62. The molecule has 66 valence electrons. The fourth-order valence-electron chi connectivity index (χ4n) is 1.80. The molecule has 2 unspecified atom stereocenters. The van der Waals surface area contributed by atoms with Crippen molar-refractivity contribution in [1.82, 2.24) is 0 Å². The standard InChI is InChI=1S/C8H8O2.C2H6/c1-2-6-4-8(6)7(3-1)9-5-10-8;1-2/h1-3,6H,4-5H2;1-2H3. The largest absolute Gasteiger partial charge is 0.469 e. The van der Waals surface area contributed by atoms with Crippen molar-refractivity contribution in [2.75, 3.05) is 6.79 Å². The molecule has 12 heavy (non-hydrogen) atoms. The third-order valence-electron chi connectivity index (χ3n) is 2.50. The van der Waals surface area contributed by atoms with Crippen LogP contribution in [0, 0.1) is 5.92 Å². The van der Waals surface area contributed by atoms with Gasteiger partial charge in [-0.25, -0.2) is 0 Å². The van der Waals surface area contributed by atoms with Gasteiger partial charge in [0.05, 0.1) is 0 Å². The third-order valence-corrected chi connectivity index (χ3v) is 2.50. The first-order valence-electron chi connectivity index (χ1n) is 4.57. The van der Waals surface area contributed by atoms with Crippen molar-refractivity contribution in [3.05, 3.63) is 24.0 Å². The lowest BCUT2D eigenvalue weighted by Gasteiger charge is -2.07. The summed E-state index contributed by atoms with van der Waals surface area (Å²) < 4.78 is 10.8. The molecule has 3 aliphatic rings. The van der Waals surface area contributed by atoms with Gasteiger partial charge in [-0.15, -0.1) is 0 Å². The number of allylic oxidation sites excluding steroid dienone is 2. The fourth-order valence-corrected chi connectivity index (χ4v) is 1.80. The molecule has 0 amide bonds. The molecule has 1 spiro atoms. The zero-order valence-electron chi connectivity index (χ0n) is 7.54. The quantitative estimate of drug-likeness (QED) is 0.549. The predicted molar refractivity (Wildman–Crippen MR) is 46.4 cm³/mol. The molecule has 0 N–H and O–H groups in total. The van der Waals surface area contributed by atoms with Crippen molar-refractivity contribution in [3.63, 3.8) is 0 Å². The zero-order valence-corrected chi connectivity index (χ0v) is 7.54. The van der Waals surface area contributed by atoms with E-state index < -0.39 is 0 Å². The number of ether oxygens (including phenoxy) is 2. The summed E-state index contributed by atoms with van der Waals surface area (Å²) in [5.41, 5.74) is 0.00868. The lowest BCUT2D eigenvalue weighted by Crippen LogP contribution is -2.12. The van der Waals surface area contributed by atoms with Gasteiger partial charge >= 0.3 is 0 Å². The monoisotopic (exact) mass is 166 g/mol. The van der Waals surface area contributed by atoms with Gasteiger partial charge in [-0.2, -0.15) is 0 Å². The number of hydrogen-bond donors (Lipinski definition) is 0. The Morgan fingerprint density at radius 3 is 3.08 bits per heavy atom. The van der Waals surface area contributed by atoms with E-state index in [2.05, 4.69) is 12.2 Å². The maximum atomic E-state index is 5.48. The molecule has 2 aliphatic carbocycles. The van der Waals surface area contributed by atoms with E-state index in [4.69, 9.17) is 9.47 Å². The molecule has 0 bridgehead atoms. The minimum atomic E-state index is 0.00868. The van der Waals surface area contributed by atoms with Crippen LogP contribution in [0.1, 0.15) is 20.3 Å². The molecule has 1 heterocycles. The molecule has 0 aromatic heterocycles. The van der Waals surface area contributed by atoms with Crippen LogP contribution in [0.3, 0.4) is 0 Å². The fraction of sp³-hybridized carbons (Fsp3) is 0.600. The molecule has 0 aromatic rings. The Balaban J connectivity index is 0.000000264. The second kappa shape index (κ2) is 2.63. The Bertz CT molecular complexity index is 242. The highest BCUT2D eigenvalue weighted by molar-refractivity contribution is 5.37. The van der Waals surface area contributed by atoms with E-state index in [-0.39, 0.29) is 5.60 Å². The van der Waals surface area contributed by atoms with Gasteiger partial charge in [0.2, 0.25) is 0 Å². The van der Waals surface area contributed by atoms with Crippen molar-refractivity contribution >= 4 is 0 Å². The summed E-state index contributed by atoms with van der Waals surface area (Å²) >= 11 is 0. The SMILES string of the molecule is C1=CC2CC23OCOC3=C1.CC. The second-order valence-corrected chi connectivity index (χ2v) is 3.02. The molecule has 1 saturated heterocycles. The van der Waals surface area contributed by atoms with Crippen LogP contribution in [0.4, 0.5) is 0 Å². The Labute approximate surface area is 72.9 Å². The summed E-state index contributed by atoms with van der Waals surface area (Å²) in [6.45, 7) is 4.45. The van der Waals surface area contributed by atoms with Crippen molar-refractivity contribution in [1.29, 1.82) is 0 Å². The predicted octanol–water partition coefficient (Wildman–Crippen LogP) is 2.23. The van der Waals surface area contributed by atoms with Crippen molar-refractivity contribution in [3.8, 4) is 0 Å². The van der Waals surface area contributed by atoms with Gasteiger partial charge in [0.15, 0.2) is 6.79 Å². The van der Waals surface area contributed by atoms with Crippen molar-refractivity contribution in [2.45, 2.75) is 25.9 Å². The van der Waals surface area contributed by atoms with Crippen LogP contribution in [0.25, 0.3) is 0 Å². The van der Waals surface area contributed by atoms with Crippen LogP contribution in [0.15, 0.2) is 24.0 Å². The van der Waals surface area contributed by atoms with Gasteiger partial charge in [0.1, 0.15) is 11.4 Å². The minimum absolute atomic E-state index is 0.00868.